The van der Waals surface area contributed by atoms with Crippen LogP contribution in [0.4, 0.5) is 26.7 Å². The Bertz CT molecular complexity index is 1950. The Hall–Kier alpha value is -5.47. The molecule has 0 heterocycles. The average Bonchev–Trinajstić information content (AvgIpc) is 3.08. The fourth-order valence-corrected chi connectivity index (χ4v) is 5.88. The molecule has 0 saturated heterocycles. The highest BCUT2D eigenvalue weighted by molar-refractivity contribution is 6.17. The van der Waals surface area contributed by atoms with Gasteiger partial charge in [0.2, 0.25) is 0 Å². The van der Waals surface area contributed by atoms with Gasteiger partial charge in [-0.2, -0.15) is 4.90 Å². The maximum atomic E-state index is 13.7. The predicted octanol–water partition coefficient (Wildman–Crippen LogP) is 9.46. The fraction of sp³-hybridized carbons (Fsp3) is 0.225. The van der Waals surface area contributed by atoms with Crippen LogP contribution in [0.1, 0.15) is 33.3 Å². The minimum absolute atomic E-state index is 0.00302. The zero-order chi connectivity index (χ0) is 34.3. The number of quaternary nitrogens is 1. The highest BCUT2D eigenvalue weighted by Gasteiger charge is 2.34. The number of carbonyl (C=O) groups is 3. The number of anilines is 1. The van der Waals surface area contributed by atoms with E-state index >= 15 is 0 Å². The topological polar surface area (TPSA) is 82.1 Å². The van der Waals surface area contributed by atoms with E-state index < -0.39 is 23.8 Å². The number of imide groups is 1. The van der Waals surface area contributed by atoms with Gasteiger partial charge in [0, 0.05) is 22.9 Å². The van der Waals surface area contributed by atoms with Crippen molar-refractivity contribution < 1.29 is 28.6 Å². The van der Waals surface area contributed by atoms with E-state index in [1.54, 1.807) is 26.8 Å². The number of hydrogen-bond donors (Lipinski definition) is 0. The average molecular weight is 646 g/mol. The molecule has 8 heteroatoms. The van der Waals surface area contributed by atoms with Crippen molar-refractivity contribution in [3.8, 4) is 0 Å². The molecule has 48 heavy (non-hydrogen) atoms. The van der Waals surface area contributed by atoms with Gasteiger partial charge in [-0.25, -0.2) is 14.4 Å². The van der Waals surface area contributed by atoms with Crippen LogP contribution in [0.2, 0.25) is 0 Å². The van der Waals surface area contributed by atoms with Gasteiger partial charge in [-0.3, -0.25) is 4.48 Å². The van der Waals surface area contributed by atoms with E-state index in [1.165, 1.54) is 13.2 Å². The van der Waals surface area contributed by atoms with Gasteiger partial charge < -0.3 is 14.2 Å². The third-order valence-corrected chi connectivity index (χ3v) is 8.16. The molecule has 5 rings (SSSR count). The second-order valence-electron chi connectivity index (χ2n) is 12.4. The van der Waals surface area contributed by atoms with Crippen LogP contribution >= 0.6 is 0 Å². The Morgan fingerprint density at radius 2 is 1.40 bits per heavy atom. The first-order valence-electron chi connectivity index (χ1n) is 15.9. The predicted molar refractivity (Wildman–Crippen MR) is 191 cm³/mol. The van der Waals surface area contributed by atoms with E-state index in [1.807, 2.05) is 84.9 Å². The van der Waals surface area contributed by atoms with E-state index in [-0.39, 0.29) is 6.61 Å². The standard InChI is InChI=1S/C40H41N2O6/c1-6-42(25-15-24-37(43)46-5,32-20-11-8-12-21-32)36-23-14-19-31-26-33-30(27-34(31)36)18-13-22-35(33)41(39(45)48-40(2,3)4)38(44)47-28-29-16-9-7-10-17-29/h7-24,26-27H,6,25,28H2,1-5H3/q+1/b24-15+. The molecule has 5 aromatic rings. The van der Waals surface area contributed by atoms with Gasteiger partial charge >= 0.3 is 18.2 Å². The lowest BCUT2D eigenvalue weighted by molar-refractivity contribution is -0.134. The molecular weight excluding hydrogens is 604 g/mol. The molecular formula is C40H41N2O6+. The number of hydrogen-bond acceptors (Lipinski definition) is 6. The minimum Gasteiger partial charge on any atom is -0.466 e. The van der Waals surface area contributed by atoms with Crippen molar-refractivity contribution in [3.63, 3.8) is 0 Å². The molecule has 0 radical (unpaired) electrons. The van der Waals surface area contributed by atoms with E-state index in [2.05, 4.69) is 31.2 Å². The van der Waals surface area contributed by atoms with Gasteiger partial charge in [-0.05, 0) is 80.4 Å². The van der Waals surface area contributed by atoms with Crippen molar-refractivity contribution in [1.82, 2.24) is 4.48 Å². The molecule has 0 aliphatic heterocycles. The van der Waals surface area contributed by atoms with Gasteiger partial charge in [-0.1, -0.05) is 72.8 Å². The molecule has 1 atom stereocenters. The van der Waals surface area contributed by atoms with Crippen LogP contribution in [0.3, 0.4) is 0 Å². The van der Waals surface area contributed by atoms with Crippen LogP contribution in [0, 0.1) is 0 Å². The number of amides is 2. The summed E-state index contributed by atoms with van der Waals surface area (Å²) < 4.78 is 16.6. The number of fused-ring (bicyclic) bond motifs is 2. The summed E-state index contributed by atoms with van der Waals surface area (Å²) in [5.41, 5.74) is 2.40. The molecule has 0 aromatic heterocycles. The number of rotatable bonds is 9. The number of carbonyl (C=O) groups excluding carboxylic acids is 3. The summed E-state index contributed by atoms with van der Waals surface area (Å²) in [7, 11) is 1.36. The van der Waals surface area contributed by atoms with Crippen molar-refractivity contribution in [2.75, 3.05) is 25.1 Å². The SMILES string of the molecule is CC[N+](C/C=C/C(=O)OC)(c1ccccc1)c1cccc2cc3c(N(C(=O)OCc4ccccc4)C(=O)OC(C)(C)C)cccc3cc12. The summed E-state index contributed by atoms with van der Waals surface area (Å²) in [4.78, 5) is 40.3. The quantitative estimate of drug-likeness (QED) is 0.0522. The highest BCUT2D eigenvalue weighted by atomic mass is 16.6. The molecule has 1 unspecified atom stereocenters. The Morgan fingerprint density at radius 3 is 2.04 bits per heavy atom. The van der Waals surface area contributed by atoms with Crippen molar-refractivity contribution in [1.29, 1.82) is 0 Å². The second kappa shape index (κ2) is 14.5. The van der Waals surface area contributed by atoms with Crippen molar-refractivity contribution in [2.45, 2.75) is 39.9 Å². The van der Waals surface area contributed by atoms with Crippen LogP contribution in [-0.2, 0) is 25.6 Å². The Kier molecular flexibility index (Phi) is 10.3. The molecule has 0 aliphatic carbocycles. The van der Waals surface area contributed by atoms with E-state index in [0.29, 0.717) is 28.6 Å². The summed E-state index contributed by atoms with van der Waals surface area (Å²) in [5.74, 6) is -0.412. The molecule has 5 aromatic carbocycles. The molecule has 2 amide bonds. The molecule has 0 aliphatic rings. The molecule has 0 N–H and O–H groups in total. The summed E-state index contributed by atoms with van der Waals surface area (Å²) >= 11 is 0. The number of esters is 1. The van der Waals surface area contributed by atoms with Crippen molar-refractivity contribution >= 4 is 56.8 Å². The lowest BCUT2D eigenvalue weighted by Gasteiger charge is -2.37. The van der Waals surface area contributed by atoms with E-state index in [4.69, 9.17) is 14.2 Å². The normalized spacial score (nSPS) is 12.9. The van der Waals surface area contributed by atoms with Gasteiger partial charge in [-0.15, -0.1) is 0 Å². The molecule has 246 valence electrons. The van der Waals surface area contributed by atoms with Crippen LogP contribution in [0.25, 0.3) is 21.5 Å². The Balaban J connectivity index is 1.65. The number of ether oxygens (including phenoxy) is 3. The van der Waals surface area contributed by atoms with Gasteiger partial charge in [0.1, 0.15) is 30.1 Å². The summed E-state index contributed by atoms with van der Waals surface area (Å²) in [6.45, 7) is 8.58. The summed E-state index contributed by atoms with van der Waals surface area (Å²) in [6.07, 6.45) is 1.64. The van der Waals surface area contributed by atoms with Crippen molar-refractivity contribution in [2.24, 2.45) is 0 Å². The first-order valence-corrected chi connectivity index (χ1v) is 15.9. The van der Waals surface area contributed by atoms with Crippen LogP contribution in [0.5, 0.6) is 0 Å². The zero-order valence-corrected chi connectivity index (χ0v) is 28.0. The van der Waals surface area contributed by atoms with Gasteiger partial charge in [0.25, 0.3) is 0 Å². The fourth-order valence-electron chi connectivity index (χ4n) is 5.88. The molecule has 0 saturated carbocycles. The Morgan fingerprint density at radius 1 is 0.771 bits per heavy atom. The van der Waals surface area contributed by atoms with Gasteiger partial charge in [0.05, 0.1) is 19.3 Å². The van der Waals surface area contributed by atoms with Gasteiger partial charge in [0.15, 0.2) is 0 Å². The highest BCUT2D eigenvalue weighted by Crippen LogP contribution is 2.42. The largest absolute Gasteiger partial charge is 0.466 e. The summed E-state index contributed by atoms with van der Waals surface area (Å²) in [6, 6.07) is 35.2. The number of para-hydroxylation sites is 1. The molecule has 8 nitrogen and oxygen atoms in total. The van der Waals surface area contributed by atoms with Crippen molar-refractivity contribution in [3.05, 3.63) is 127 Å². The minimum atomic E-state index is -0.845. The maximum Gasteiger partial charge on any atom is 0.424 e. The van der Waals surface area contributed by atoms with E-state index in [0.717, 1.165) is 38.0 Å². The zero-order valence-electron chi connectivity index (χ0n) is 28.0. The molecule has 0 fully saturated rings. The number of nitrogens with zero attached hydrogens (tertiary/aromatic N) is 2. The Labute approximate surface area is 281 Å². The lowest BCUT2D eigenvalue weighted by Crippen LogP contribution is -2.44. The first-order chi connectivity index (χ1) is 23.1. The van der Waals surface area contributed by atoms with Crippen LogP contribution < -0.4 is 9.38 Å². The lowest BCUT2D eigenvalue weighted by atomic mass is 9.98. The monoisotopic (exact) mass is 645 g/mol. The first kappa shape index (κ1) is 33.9. The third-order valence-electron chi connectivity index (χ3n) is 8.16. The van der Waals surface area contributed by atoms with Crippen LogP contribution in [0.15, 0.2) is 121 Å². The maximum absolute atomic E-state index is 13.7. The number of likely N-dealkylation sites (N-methyl/N-ethyl adjacent to an activating group) is 1. The molecule has 0 spiro atoms. The van der Waals surface area contributed by atoms with Crippen LogP contribution in [-0.4, -0.2) is 44.0 Å². The molecule has 0 bridgehead atoms. The second-order valence-corrected chi connectivity index (χ2v) is 12.4. The number of benzene rings is 5. The smallest absolute Gasteiger partial charge is 0.424 e. The third kappa shape index (κ3) is 7.40. The summed E-state index contributed by atoms with van der Waals surface area (Å²) in [5, 5.41) is 3.42. The number of methoxy groups -OCH3 is 1. The van der Waals surface area contributed by atoms with E-state index in [9.17, 15) is 14.4 Å².